The third-order valence-electron chi connectivity index (χ3n) is 5.54. The average molecular weight is 420 g/mol. The van der Waals surface area contributed by atoms with Gasteiger partial charge in [0.05, 0.1) is 19.3 Å². The van der Waals surface area contributed by atoms with E-state index in [4.69, 9.17) is 9.47 Å². The zero-order valence-electron chi connectivity index (χ0n) is 17.3. The van der Waals surface area contributed by atoms with Crippen molar-refractivity contribution in [1.29, 1.82) is 0 Å². The third kappa shape index (κ3) is 4.51. The lowest BCUT2D eigenvalue weighted by molar-refractivity contribution is 0.0599. The van der Waals surface area contributed by atoms with Crippen LogP contribution in [0.1, 0.15) is 45.8 Å². The van der Waals surface area contributed by atoms with E-state index in [1.54, 1.807) is 30.2 Å². The van der Waals surface area contributed by atoms with Gasteiger partial charge < -0.3 is 9.47 Å². The fourth-order valence-electron chi connectivity index (χ4n) is 3.87. The van der Waals surface area contributed by atoms with Crippen molar-refractivity contribution in [3.05, 3.63) is 83.2 Å². The van der Waals surface area contributed by atoms with Gasteiger partial charge in [0.15, 0.2) is 0 Å². The fraction of sp³-hybridized carbons (Fsp3) is 0.280. The molecule has 4 nitrogen and oxygen atoms in total. The molecule has 0 bridgehead atoms. The first-order valence-corrected chi connectivity index (χ1v) is 11.0. The summed E-state index contributed by atoms with van der Waals surface area (Å²) in [5.74, 6) is 1.07. The van der Waals surface area contributed by atoms with Crippen LogP contribution in [0.4, 0.5) is 0 Å². The summed E-state index contributed by atoms with van der Waals surface area (Å²) in [5, 5.41) is 0. The van der Waals surface area contributed by atoms with Crippen LogP contribution in [-0.2, 0) is 11.2 Å². The first-order valence-electron chi connectivity index (χ1n) is 10.2. The monoisotopic (exact) mass is 419 g/mol. The quantitative estimate of drug-likeness (QED) is 0.471. The lowest BCUT2D eigenvalue weighted by Gasteiger charge is -2.26. The normalized spacial score (nSPS) is 15.2. The number of esters is 1. The Hall–Kier alpha value is -2.79. The van der Waals surface area contributed by atoms with Crippen LogP contribution in [0, 0.1) is 6.92 Å². The summed E-state index contributed by atoms with van der Waals surface area (Å²) < 4.78 is 10.9. The summed E-state index contributed by atoms with van der Waals surface area (Å²) in [6.45, 7) is 2.85. The molecule has 0 amide bonds. The number of aryl methyl sites for hydroxylation is 2. The molecule has 1 aliphatic heterocycles. The van der Waals surface area contributed by atoms with Crippen LogP contribution in [0.3, 0.4) is 0 Å². The van der Waals surface area contributed by atoms with E-state index in [-0.39, 0.29) is 5.97 Å². The standard InChI is InChI=1S/C25H25NO3S/c1-17-5-3-4-6-24(17)30-20-9-10-21-18(12-14-29-23(21)15-20)7-8-19-16-26-13-11-22(19)25(27)28-2/h3-6,9-11,13,15-16,18H,7-8,12,14H2,1-2H3/t18-/m0/s1. The molecule has 5 heteroatoms. The van der Waals surface area contributed by atoms with Crippen LogP contribution >= 0.6 is 11.8 Å². The summed E-state index contributed by atoms with van der Waals surface area (Å²) >= 11 is 1.77. The largest absolute Gasteiger partial charge is 0.493 e. The molecule has 0 unspecified atom stereocenters. The van der Waals surface area contributed by atoms with Gasteiger partial charge in [-0.3, -0.25) is 4.98 Å². The second kappa shape index (κ2) is 9.35. The van der Waals surface area contributed by atoms with Crippen LogP contribution < -0.4 is 4.74 Å². The van der Waals surface area contributed by atoms with Crippen molar-refractivity contribution in [1.82, 2.24) is 4.98 Å². The van der Waals surface area contributed by atoms with Gasteiger partial charge in [0.1, 0.15) is 5.75 Å². The maximum Gasteiger partial charge on any atom is 0.338 e. The van der Waals surface area contributed by atoms with Crippen LogP contribution in [0.2, 0.25) is 0 Å². The minimum atomic E-state index is -0.308. The Morgan fingerprint density at radius 3 is 2.93 bits per heavy atom. The number of nitrogens with zero attached hydrogens (tertiary/aromatic N) is 1. The molecular weight excluding hydrogens is 394 g/mol. The van der Waals surface area contributed by atoms with Gasteiger partial charge in [-0.25, -0.2) is 4.79 Å². The van der Waals surface area contributed by atoms with Crippen LogP contribution in [0.5, 0.6) is 5.75 Å². The number of pyridine rings is 1. The van der Waals surface area contributed by atoms with Gasteiger partial charge in [-0.15, -0.1) is 0 Å². The topological polar surface area (TPSA) is 48.4 Å². The highest BCUT2D eigenvalue weighted by Crippen LogP contribution is 2.40. The van der Waals surface area contributed by atoms with Gasteiger partial charge >= 0.3 is 5.97 Å². The highest BCUT2D eigenvalue weighted by Gasteiger charge is 2.23. The molecule has 1 atom stereocenters. The summed E-state index contributed by atoms with van der Waals surface area (Å²) in [5.41, 5.74) is 4.06. The lowest BCUT2D eigenvalue weighted by Crippen LogP contribution is -2.15. The van der Waals surface area contributed by atoms with Gasteiger partial charge in [-0.1, -0.05) is 36.0 Å². The van der Waals surface area contributed by atoms with Crippen molar-refractivity contribution in [3.8, 4) is 5.75 Å². The molecule has 0 fully saturated rings. The predicted octanol–water partition coefficient (Wildman–Crippen LogP) is 5.83. The highest BCUT2D eigenvalue weighted by molar-refractivity contribution is 7.99. The number of carbonyl (C=O) groups excluding carboxylic acids is 1. The smallest absolute Gasteiger partial charge is 0.338 e. The Kier molecular flexibility index (Phi) is 6.38. The molecule has 0 aliphatic carbocycles. The maximum atomic E-state index is 12.0. The predicted molar refractivity (Wildman–Crippen MR) is 118 cm³/mol. The number of hydrogen-bond acceptors (Lipinski definition) is 5. The lowest BCUT2D eigenvalue weighted by atomic mass is 9.87. The number of aromatic nitrogens is 1. The Morgan fingerprint density at radius 2 is 2.10 bits per heavy atom. The van der Waals surface area contributed by atoms with Crippen molar-refractivity contribution in [2.45, 2.75) is 41.9 Å². The number of carbonyl (C=O) groups is 1. The molecular formula is C25H25NO3S. The van der Waals surface area contributed by atoms with Crippen molar-refractivity contribution >= 4 is 17.7 Å². The molecule has 0 N–H and O–H groups in total. The molecule has 2 aromatic carbocycles. The van der Waals surface area contributed by atoms with Gasteiger partial charge in [-0.2, -0.15) is 0 Å². The fourth-order valence-corrected chi connectivity index (χ4v) is 4.80. The van der Waals surface area contributed by atoms with Crippen LogP contribution in [0.15, 0.2) is 70.7 Å². The number of fused-ring (bicyclic) bond motifs is 1. The Bertz CT molecular complexity index is 1050. The van der Waals surface area contributed by atoms with Crippen LogP contribution in [-0.4, -0.2) is 24.7 Å². The number of methoxy groups -OCH3 is 1. The van der Waals surface area contributed by atoms with E-state index in [1.807, 2.05) is 0 Å². The molecule has 1 aromatic heterocycles. The molecule has 154 valence electrons. The molecule has 0 radical (unpaired) electrons. The molecule has 4 rings (SSSR count). The summed E-state index contributed by atoms with van der Waals surface area (Å²) in [6, 6.07) is 16.7. The second-order valence-electron chi connectivity index (χ2n) is 7.46. The van der Waals surface area contributed by atoms with E-state index < -0.39 is 0 Å². The van der Waals surface area contributed by atoms with Crippen molar-refractivity contribution in [3.63, 3.8) is 0 Å². The SMILES string of the molecule is COC(=O)c1ccncc1CC[C@H]1CCOc2cc(Sc3ccccc3C)ccc21. The van der Waals surface area contributed by atoms with Gasteiger partial charge in [0, 0.05) is 22.2 Å². The molecule has 0 saturated heterocycles. The number of ether oxygens (including phenoxy) is 2. The molecule has 3 aromatic rings. The van der Waals surface area contributed by atoms with Gasteiger partial charge in [0.2, 0.25) is 0 Å². The average Bonchev–Trinajstić information content (AvgIpc) is 2.78. The first kappa shape index (κ1) is 20.5. The highest BCUT2D eigenvalue weighted by atomic mass is 32.2. The summed E-state index contributed by atoms with van der Waals surface area (Å²) in [6.07, 6.45) is 6.10. The Labute approximate surface area is 181 Å². The second-order valence-corrected chi connectivity index (χ2v) is 8.58. The Morgan fingerprint density at radius 1 is 1.23 bits per heavy atom. The minimum absolute atomic E-state index is 0.308. The number of benzene rings is 2. The van der Waals surface area contributed by atoms with Crippen molar-refractivity contribution in [2.24, 2.45) is 0 Å². The minimum Gasteiger partial charge on any atom is -0.493 e. The maximum absolute atomic E-state index is 12.0. The van der Waals surface area contributed by atoms with E-state index in [1.165, 1.54) is 28.0 Å². The van der Waals surface area contributed by atoms with Gasteiger partial charge in [0.25, 0.3) is 0 Å². The summed E-state index contributed by atoms with van der Waals surface area (Å²) in [7, 11) is 1.41. The van der Waals surface area contributed by atoms with E-state index in [2.05, 4.69) is 54.4 Å². The number of rotatable bonds is 6. The number of hydrogen-bond donors (Lipinski definition) is 0. The zero-order valence-corrected chi connectivity index (χ0v) is 18.1. The van der Waals surface area contributed by atoms with Crippen molar-refractivity contribution < 1.29 is 14.3 Å². The molecule has 0 saturated carbocycles. The third-order valence-corrected chi connectivity index (χ3v) is 6.71. The Balaban J connectivity index is 1.50. The van der Waals surface area contributed by atoms with E-state index >= 15 is 0 Å². The molecule has 1 aliphatic rings. The van der Waals surface area contributed by atoms with E-state index in [9.17, 15) is 4.79 Å². The van der Waals surface area contributed by atoms with Gasteiger partial charge in [-0.05, 0) is 73.1 Å². The molecule has 30 heavy (non-hydrogen) atoms. The van der Waals surface area contributed by atoms with E-state index in [0.717, 1.165) is 30.6 Å². The molecule has 2 heterocycles. The zero-order chi connectivity index (χ0) is 20.9. The molecule has 0 spiro atoms. The summed E-state index contributed by atoms with van der Waals surface area (Å²) in [4.78, 5) is 18.7. The van der Waals surface area contributed by atoms with Crippen molar-refractivity contribution in [2.75, 3.05) is 13.7 Å². The van der Waals surface area contributed by atoms with E-state index in [0.29, 0.717) is 18.1 Å². The first-order chi connectivity index (χ1) is 14.7. The van der Waals surface area contributed by atoms with Crippen LogP contribution in [0.25, 0.3) is 0 Å².